The molecule has 0 bridgehead atoms. The van der Waals surface area contributed by atoms with Crippen LogP contribution in [-0.4, -0.2) is 37.7 Å². The zero-order valence-electron chi connectivity index (χ0n) is 13.4. The van der Waals surface area contributed by atoms with Crippen molar-refractivity contribution < 1.29 is 9.13 Å². The van der Waals surface area contributed by atoms with Gasteiger partial charge in [0.1, 0.15) is 0 Å². The van der Waals surface area contributed by atoms with Gasteiger partial charge < -0.3 is 10.1 Å². The van der Waals surface area contributed by atoms with Crippen molar-refractivity contribution >= 4 is 0 Å². The molecule has 118 valence electrons. The quantitative estimate of drug-likeness (QED) is 0.903. The van der Waals surface area contributed by atoms with Crippen LogP contribution in [0.3, 0.4) is 0 Å². The molecule has 1 saturated heterocycles. The van der Waals surface area contributed by atoms with E-state index in [1.807, 2.05) is 6.07 Å². The Balaban J connectivity index is 1.98. The molecule has 2 rings (SSSR count). The lowest BCUT2D eigenvalue weighted by atomic mass is 10.0. The molecule has 0 spiro atoms. The van der Waals surface area contributed by atoms with E-state index in [4.69, 9.17) is 4.74 Å². The standard InChI is InChI=1S/C17H27FN2O/c1-13(2)9-15-12-20(8-4-7-19-15)11-14-5-6-17(21-3)16(18)10-14/h5-6,10,13,15,19H,4,7-9,11-12H2,1-3H3. The molecule has 0 aromatic heterocycles. The minimum absolute atomic E-state index is 0.276. The Bertz CT molecular complexity index is 450. The van der Waals surface area contributed by atoms with E-state index in [0.717, 1.165) is 38.2 Å². The Kier molecular flexibility index (Phi) is 6.00. The van der Waals surface area contributed by atoms with Crippen molar-refractivity contribution in [3.63, 3.8) is 0 Å². The third-order valence-corrected chi connectivity index (χ3v) is 3.94. The van der Waals surface area contributed by atoms with Crippen LogP contribution in [-0.2, 0) is 6.54 Å². The van der Waals surface area contributed by atoms with E-state index < -0.39 is 0 Å². The third-order valence-electron chi connectivity index (χ3n) is 3.94. The first kappa shape index (κ1) is 16.2. The molecule has 1 aromatic rings. The third kappa shape index (κ3) is 4.97. The normalized spacial score (nSPS) is 20.5. The van der Waals surface area contributed by atoms with Gasteiger partial charge in [0.25, 0.3) is 0 Å². The monoisotopic (exact) mass is 294 g/mol. The highest BCUT2D eigenvalue weighted by Gasteiger charge is 2.19. The van der Waals surface area contributed by atoms with Gasteiger partial charge in [-0.15, -0.1) is 0 Å². The van der Waals surface area contributed by atoms with E-state index in [2.05, 4.69) is 24.1 Å². The fourth-order valence-electron chi connectivity index (χ4n) is 3.01. The summed E-state index contributed by atoms with van der Waals surface area (Å²) in [5.41, 5.74) is 1.01. The predicted octanol–water partition coefficient (Wildman–Crippen LogP) is 3.04. The topological polar surface area (TPSA) is 24.5 Å². The predicted molar refractivity (Wildman–Crippen MR) is 84.1 cm³/mol. The fraction of sp³-hybridized carbons (Fsp3) is 0.647. The number of halogens is 1. The average molecular weight is 294 g/mol. The van der Waals surface area contributed by atoms with Gasteiger partial charge in [0.15, 0.2) is 11.6 Å². The average Bonchev–Trinajstić information content (AvgIpc) is 2.63. The second-order valence-electron chi connectivity index (χ2n) is 6.34. The molecule has 1 aliphatic rings. The van der Waals surface area contributed by atoms with Gasteiger partial charge in [-0.25, -0.2) is 4.39 Å². The SMILES string of the molecule is COc1ccc(CN2CCCNC(CC(C)C)C2)cc1F. The van der Waals surface area contributed by atoms with Gasteiger partial charge in [-0.1, -0.05) is 19.9 Å². The molecular formula is C17H27FN2O. The summed E-state index contributed by atoms with van der Waals surface area (Å²) in [6.07, 6.45) is 2.33. The molecule has 1 N–H and O–H groups in total. The van der Waals surface area contributed by atoms with Crippen molar-refractivity contribution in [3.05, 3.63) is 29.6 Å². The second-order valence-corrected chi connectivity index (χ2v) is 6.34. The highest BCUT2D eigenvalue weighted by Crippen LogP contribution is 2.19. The van der Waals surface area contributed by atoms with Crippen LogP contribution in [0.15, 0.2) is 18.2 Å². The van der Waals surface area contributed by atoms with Crippen molar-refractivity contribution in [2.75, 3.05) is 26.7 Å². The smallest absolute Gasteiger partial charge is 0.165 e. The van der Waals surface area contributed by atoms with Gasteiger partial charge in [0.2, 0.25) is 0 Å². The molecule has 0 aliphatic carbocycles. The number of nitrogens with zero attached hydrogens (tertiary/aromatic N) is 1. The van der Waals surface area contributed by atoms with Crippen LogP contribution in [0.1, 0.15) is 32.3 Å². The van der Waals surface area contributed by atoms with Crippen molar-refractivity contribution in [2.24, 2.45) is 5.92 Å². The molecule has 1 unspecified atom stereocenters. The lowest BCUT2D eigenvalue weighted by molar-refractivity contribution is 0.247. The molecule has 0 radical (unpaired) electrons. The van der Waals surface area contributed by atoms with E-state index >= 15 is 0 Å². The van der Waals surface area contributed by atoms with Gasteiger partial charge >= 0.3 is 0 Å². The molecule has 3 nitrogen and oxygen atoms in total. The number of hydrogen-bond donors (Lipinski definition) is 1. The Hall–Kier alpha value is -1.13. The lowest BCUT2D eigenvalue weighted by Gasteiger charge is -2.25. The maximum absolute atomic E-state index is 13.8. The first-order valence-corrected chi connectivity index (χ1v) is 7.86. The van der Waals surface area contributed by atoms with Crippen molar-refractivity contribution in [2.45, 2.75) is 39.3 Å². The second kappa shape index (κ2) is 7.76. The van der Waals surface area contributed by atoms with Crippen LogP contribution in [0.25, 0.3) is 0 Å². The first-order chi connectivity index (χ1) is 10.1. The van der Waals surface area contributed by atoms with Crippen LogP contribution in [0.2, 0.25) is 0 Å². The summed E-state index contributed by atoms with van der Waals surface area (Å²) in [7, 11) is 1.50. The molecule has 0 saturated carbocycles. The fourth-order valence-corrected chi connectivity index (χ4v) is 3.01. The number of benzene rings is 1. The van der Waals surface area contributed by atoms with Gasteiger partial charge in [-0.3, -0.25) is 4.90 Å². The summed E-state index contributed by atoms with van der Waals surface area (Å²) >= 11 is 0. The molecule has 0 amide bonds. The summed E-state index contributed by atoms with van der Waals surface area (Å²) in [4.78, 5) is 2.42. The van der Waals surface area contributed by atoms with Crippen molar-refractivity contribution in [1.29, 1.82) is 0 Å². The van der Waals surface area contributed by atoms with Gasteiger partial charge in [-0.2, -0.15) is 0 Å². The Morgan fingerprint density at radius 1 is 1.43 bits per heavy atom. The Labute approximate surface area is 127 Å². The summed E-state index contributed by atoms with van der Waals surface area (Å²) in [5.74, 6) is 0.733. The van der Waals surface area contributed by atoms with E-state index in [-0.39, 0.29) is 5.82 Å². The van der Waals surface area contributed by atoms with E-state index in [1.165, 1.54) is 13.5 Å². The molecule has 1 aliphatic heterocycles. The number of nitrogens with one attached hydrogen (secondary N) is 1. The molecule has 4 heteroatoms. The number of hydrogen-bond acceptors (Lipinski definition) is 3. The molecular weight excluding hydrogens is 267 g/mol. The highest BCUT2D eigenvalue weighted by atomic mass is 19.1. The summed E-state index contributed by atoms with van der Waals surface area (Å²) in [6, 6.07) is 5.80. The molecule has 1 atom stereocenters. The van der Waals surface area contributed by atoms with Crippen molar-refractivity contribution in [1.82, 2.24) is 10.2 Å². The maximum Gasteiger partial charge on any atom is 0.165 e. The number of ether oxygens (including phenoxy) is 1. The number of methoxy groups -OCH3 is 1. The lowest BCUT2D eigenvalue weighted by Crippen LogP contribution is -2.38. The first-order valence-electron chi connectivity index (χ1n) is 7.86. The minimum Gasteiger partial charge on any atom is -0.494 e. The maximum atomic E-state index is 13.8. The summed E-state index contributed by atoms with van der Waals surface area (Å²) < 4.78 is 18.7. The van der Waals surface area contributed by atoms with Gasteiger partial charge in [0, 0.05) is 19.1 Å². The highest BCUT2D eigenvalue weighted by molar-refractivity contribution is 5.29. The Morgan fingerprint density at radius 3 is 2.90 bits per heavy atom. The van der Waals surface area contributed by atoms with Crippen molar-refractivity contribution in [3.8, 4) is 5.75 Å². The van der Waals surface area contributed by atoms with E-state index in [9.17, 15) is 4.39 Å². The molecule has 1 aromatic carbocycles. The molecule has 21 heavy (non-hydrogen) atoms. The largest absolute Gasteiger partial charge is 0.494 e. The molecule has 1 heterocycles. The van der Waals surface area contributed by atoms with Crippen LogP contribution < -0.4 is 10.1 Å². The van der Waals surface area contributed by atoms with Gasteiger partial charge in [-0.05, 0) is 49.5 Å². The van der Waals surface area contributed by atoms with E-state index in [1.54, 1.807) is 12.1 Å². The van der Waals surface area contributed by atoms with E-state index in [0.29, 0.717) is 17.7 Å². The zero-order valence-corrected chi connectivity index (χ0v) is 13.4. The van der Waals surface area contributed by atoms with Crippen LogP contribution in [0, 0.1) is 11.7 Å². The molecule has 1 fully saturated rings. The van der Waals surface area contributed by atoms with Crippen LogP contribution >= 0.6 is 0 Å². The van der Waals surface area contributed by atoms with Crippen LogP contribution in [0.5, 0.6) is 5.75 Å². The minimum atomic E-state index is -0.276. The van der Waals surface area contributed by atoms with Gasteiger partial charge in [0.05, 0.1) is 7.11 Å². The number of rotatable bonds is 5. The summed E-state index contributed by atoms with van der Waals surface area (Å²) in [6.45, 7) is 8.49. The summed E-state index contributed by atoms with van der Waals surface area (Å²) in [5, 5.41) is 3.62. The van der Waals surface area contributed by atoms with Crippen LogP contribution in [0.4, 0.5) is 4.39 Å². The Morgan fingerprint density at radius 2 is 2.24 bits per heavy atom. The zero-order chi connectivity index (χ0) is 15.2.